The van der Waals surface area contributed by atoms with E-state index in [1.165, 1.54) is 6.08 Å². The Balaban J connectivity index is 1.75. The average Bonchev–Trinajstić information content (AvgIpc) is 2.62. The second-order valence-corrected chi connectivity index (χ2v) is 5.76. The van der Waals surface area contributed by atoms with Gasteiger partial charge >= 0.3 is 0 Å². The topological polar surface area (TPSA) is 76.7 Å². The van der Waals surface area contributed by atoms with E-state index < -0.39 is 11.8 Å². The molecule has 0 aliphatic rings. The monoisotopic (exact) mass is 354 g/mol. The van der Waals surface area contributed by atoms with Crippen LogP contribution in [0.15, 0.2) is 48.5 Å². The first kappa shape index (κ1) is 19.1. The van der Waals surface area contributed by atoms with Gasteiger partial charge < -0.3 is 9.47 Å². The Hall–Kier alpha value is -3.28. The largest absolute Gasteiger partial charge is 0.497 e. The first-order valence-electron chi connectivity index (χ1n) is 8.08. The molecule has 6 heteroatoms. The highest BCUT2D eigenvalue weighted by molar-refractivity contribution is 5.93. The molecule has 0 saturated heterocycles. The molecule has 0 aromatic heterocycles. The van der Waals surface area contributed by atoms with Gasteiger partial charge in [0.1, 0.15) is 11.5 Å². The second kappa shape index (κ2) is 9.27. The van der Waals surface area contributed by atoms with Crippen molar-refractivity contribution in [3.8, 4) is 11.5 Å². The second-order valence-electron chi connectivity index (χ2n) is 5.76. The van der Waals surface area contributed by atoms with Crippen molar-refractivity contribution in [2.24, 2.45) is 0 Å². The summed E-state index contributed by atoms with van der Waals surface area (Å²) in [5, 5.41) is 0. The lowest BCUT2D eigenvalue weighted by atomic mass is 10.1. The van der Waals surface area contributed by atoms with E-state index in [1.807, 2.05) is 44.2 Å². The smallest absolute Gasteiger partial charge is 0.276 e. The number of aryl methyl sites for hydroxylation is 2. The third-order valence-electron chi connectivity index (χ3n) is 3.43. The van der Waals surface area contributed by atoms with Crippen LogP contribution in [0, 0.1) is 13.8 Å². The van der Waals surface area contributed by atoms with Crippen LogP contribution in [0.2, 0.25) is 0 Å². The minimum Gasteiger partial charge on any atom is -0.497 e. The molecule has 0 radical (unpaired) electrons. The molecule has 2 rings (SSSR count). The molecule has 136 valence electrons. The summed E-state index contributed by atoms with van der Waals surface area (Å²) in [7, 11) is 1.59. The van der Waals surface area contributed by atoms with Crippen LogP contribution in [0.25, 0.3) is 6.08 Å². The van der Waals surface area contributed by atoms with Gasteiger partial charge in [0.05, 0.1) is 7.11 Å². The molecule has 0 aliphatic heterocycles. The molecule has 2 N–H and O–H groups in total. The highest BCUT2D eigenvalue weighted by Gasteiger charge is 2.04. The number of carbonyl (C=O) groups is 2. The molecule has 6 nitrogen and oxygen atoms in total. The summed E-state index contributed by atoms with van der Waals surface area (Å²) in [5.74, 6) is 0.460. The molecule has 0 bridgehead atoms. The van der Waals surface area contributed by atoms with E-state index in [1.54, 1.807) is 25.3 Å². The van der Waals surface area contributed by atoms with Gasteiger partial charge in [-0.2, -0.15) is 0 Å². The molecule has 0 saturated carbocycles. The van der Waals surface area contributed by atoms with Crippen molar-refractivity contribution in [3.63, 3.8) is 0 Å². The van der Waals surface area contributed by atoms with E-state index >= 15 is 0 Å². The fourth-order valence-corrected chi connectivity index (χ4v) is 2.26. The molecule has 0 unspecified atom stereocenters. The average molecular weight is 354 g/mol. The van der Waals surface area contributed by atoms with Crippen molar-refractivity contribution in [2.75, 3.05) is 13.7 Å². The number of ether oxygens (including phenoxy) is 2. The molecule has 26 heavy (non-hydrogen) atoms. The summed E-state index contributed by atoms with van der Waals surface area (Å²) in [6.07, 6.45) is 2.96. The molecule has 2 aromatic rings. The van der Waals surface area contributed by atoms with E-state index in [9.17, 15) is 9.59 Å². The summed E-state index contributed by atoms with van der Waals surface area (Å²) < 4.78 is 10.5. The minimum absolute atomic E-state index is 0.189. The summed E-state index contributed by atoms with van der Waals surface area (Å²) in [6.45, 7) is 3.72. The summed E-state index contributed by atoms with van der Waals surface area (Å²) >= 11 is 0. The summed E-state index contributed by atoms with van der Waals surface area (Å²) in [4.78, 5) is 23.5. The molecule has 2 aromatic carbocycles. The van der Waals surface area contributed by atoms with Crippen LogP contribution in [0.3, 0.4) is 0 Å². The SMILES string of the molecule is COc1ccc(/C=C\C(=O)NNC(=O)COc2cc(C)cc(C)c2)cc1. The molecule has 0 heterocycles. The zero-order valence-corrected chi connectivity index (χ0v) is 15.0. The fraction of sp³-hybridized carbons (Fsp3) is 0.200. The van der Waals surface area contributed by atoms with E-state index in [0.717, 1.165) is 22.4 Å². The van der Waals surface area contributed by atoms with Gasteiger partial charge in [-0.15, -0.1) is 0 Å². The normalized spacial score (nSPS) is 10.4. The number of amides is 2. The van der Waals surface area contributed by atoms with Crippen molar-refractivity contribution in [1.29, 1.82) is 0 Å². The van der Waals surface area contributed by atoms with Crippen molar-refractivity contribution in [3.05, 3.63) is 65.2 Å². The van der Waals surface area contributed by atoms with Gasteiger partial charge in [0, 0.05) is 6.08 Å². The first-order valence-corrected chi connectivity index (χ1v) is 8.08. The molecule has 0 spiro atoms. The minimum atomic E-state index is -0.449. The quantitative estimate of drug-likeness (QED) is 0.617. The Morgan fingerprint density at radius 2 is 1.62 bits per heavy atom. The van der Waals surface area contributed by atoms with E-state index in [0.29, 0.717) is 5.75 Å². The van der Waals surface area contributed by atoms with Crippen LogP contribution in [-0.4, -0.2) is 25.5 Å². The number of nitrogens with one attached hydrogen (secondary N) is 2. The Morgan fingerprint density at radius 1 is 0.962 bits per heavy atom. The standard InChI is InChI=1S/C20H22N2O4/c1-14-10-15(2)12-18(11-14)26-13-20(24)22-21-19(23)9-6-16-4-7-17(25-3)8-5-16/h4-12H,13H2,1-3H3,(H,21,23)(H,22,24)/b9-6-. The third kappa shape index (κ3) is 6.32. The highest BCUT2D eigenvalue weighted by Crippen LogP contribution is 2.16. The van der Waals surface area contributed by atoms with Crippen LogP contribution in [0.1, 0.15) is 16.7 Å². The van der Waals surface area contributed by atoms with Crippen molar-refractivity contribution < 1.29 is 19.1 Å². The number of rotatable bonds is 6. The first-order chi connectivity index (χ1) is 12.5. The Kier molecular flexibility index (Phi) is 6.79. The molecule has 0 fully saturated rings. The van der Waals surface area contributed by atoms with Gasteiger partial charge in [-0.05, 0) is 60.9 Å². The maximum absolute atomic E-state index is 11.7. The van der Waals surface area contributed by atoms with Gasteiger partial charge in [0.2, 0.25) is 0 Å². The zero-order chi connectivity index (χ0) is 18.9. The van der Waals surface area contributed by atoms with Crippen LogP contribution >= 0.6 is 0 Å². The number of hydrogen-bond acceptors (Lipinski definition) is 4. The van der Waals surface area contributed by atoms with Crippen molar-refractivity contribution in [1.82, 2.24) is 10.9 Å². The van der Waals surface area contributed by atoms with Crippen LogP contribution in [0.4, 0.5) is 0 Å². The lowest BCUT2D eigenvalue weighted by Gasteiger charge is -2.09. The summed E-state index contributed by atoms with van der Waals surface area (Å²) in [6, 6.07) is 12.9. The molecule has 0 aliphatic carbocycles. The van der Waals surface area contributed by atoms with Gasteiger partial charge in [0.25, 0.3) is 11.8 Å². The van der Waals surface area contributed by atoms with Gasteiger partial charge in [-0.3, -0.25) is 20.4 Å². The summed E-state index contributed by atoms with van der Waals surface area (Å²) in [5.41, 5.74) is 7.55. The maximum Gasteiger partial charge on any atom is 0.276 e. The number of hydrazine groups is 1. The Labute approximate surface area is 152 Å². The predicted molar refractivity (Wildman–Crippen MR) is 99.7 cm³/mol. The number of benzene rings is 2. The number of hydrogen-bond donors (Lipinski definition) is 2. The molecular weight excluding hydrogens is 332 g/mol. The lowest BCUT2D eigenvalue weighted by Crippen LogP contribution is -2.43. The maximum atomic E-state index is 11.7. The molecule has 0 atom stereocenters. The molecule has 2 amide bonds. The Morgan fingerprint density at radius 3 is 2.23 bits per heavy atom. The van der Waals surface area contributed by atoms with Crippen LogP contribution in [0.5, 0.6) is 11.5 Å². The number of carbonyl (C=O) groups excluding carboxylic acids is 2. The van der Waals surface area contributed by atoms with Crippen molar-refractivity contribution in [2.45, 2.75) is 13.8 Å². The van der Waals surface area contributed by atoms with Gasteiger partial charge in [-0.25, -0.2) is 0 Å². The van der Waals surface area contributed by atoms with E-state index in [4.69, 9.17) is 9.47 Å². The highest BCUT2D eigenvalue weighted by atomic mass is 16.5. The third-order valence-corrected chi connectivity index (χ3v) is 3.43. The lowest BCUT2D eigenvalue weighted by molar-refractivity contribution is -0.128. The number of methoxy groups -OCH3 is 1. The fourth-order valence-electron chi connectivity index (χ4n) is 2.26. The van der Waals surface area contributed by atoms with Crippen LogP contribution < -0.4 is 20.3 Å². The molecular formula is C20H22N2O4. The van der Waals surface area contributed by atoms with E-state index in [2.05, 4.69) is 10.9 Å². The Bertz CT molecular complexity index is 778. The van der Waals surface area contributed by atoms with Crippen molar-refractivity contribution >= 4 is 17.9 Å². The zero-order valence-electron chi connectivity index (χ0n) is 15.0. The van der Waals surface area contributed by atoms with Gasteiger partial charge in [-0.1, -0.05) is 18.2 Å². The van der Waals surface area contributed by atoms with Crippen LogP contribution in [-0.2, 0) is 9.59 Å². The predicted octanol–water partition coefficient (Wildman–Crippen LogP) is 2.55. The van der Waals surface area contributed by atoms with Gasteiger partial charge in [0.15, 0.2) is 6.61 Å². The van der Waals surface area contributed by atoms with E-state index in [-0.39, 0.29) is 6.61 Å².